The van der Waals surface area contributed by atoms with Crippen LogP contribution in [0.25, 0.3) is 22.0 Å². The van der Waals surface area contributed by atoms with Gasteiger partial charge in [0.25, 0.3) is 0 Å². The zero-order valence-corrected chi connectivity index (χ0v) is 15.4. The van der Waals surface area contributed by atoms with Crippen molar-refractivity contribution in [2.75, 3.05) is 5.32 Å². The molecule has 4 heteroatoms. The van der Waals surface area contributed by atoms with Gasteiger partial charge in [-0.05, 0) is 34.7 Å². The Labute approximate surface area is 161 Å². The molecule has 0 bridgehead atoms. The van der Waals surface area contributed by atoms with Gasteiger partial charge in [0.15, 0.2) is 5.13 Å². The molecule has 0 radical (unpaired) electrons. The topological polar surface area (TPSA) is 42.0 Å². The molecule has 2 atom stereocenters. The van der Waals surface area contributed by atoms with Crippen molar-refractivity contribution < 1.29 is 4.79 Å². The zero-order valence-electron chi connectivity index (χ0n) is 14.6. The molecule has 5 rings (SSSR count). The van der Waals surface area contributed by atoms with Crippen LogP contribution in [0.5, 0.6) is 0 Å². The number of carbonyl (C=O) groups is 1. The predicted octanol–water partition coefficient (Wildman–Crippen LogP) is 5.71. The van der Waals surface area contributed by atoms with Crippen molar-refractivity contribution in [3.63, 3.8) is 0 Å². The Morgan fingerprint density at radius 3 is 2.59 bits per heavy atom. The lowest BCUT2D eigenvalue weighted by molar-refractivity contribution is -0.117. The Hall–Kier alpha value is -2.98. The fourth-order valence-corrected chi connectivity index (χ4v) is 4.29. The van der Waals surface area contributed by atoms with E-state index in [-0.39, 0.29) is 11.8 Å². The molecule has 1 saturated carbocycles. The lowest BCUT2D eigenvalue weighted by atomic mass is 10.1. The first-order valence-electron chi connectivity index (χ1n) is 9.08. The normalized spacial score (nSPS) is 18.4. The van der Waals surface area contributed by atoms with Crippen LogP contribution in [0.4, 0.5) is 5.13 Å². The average molecular weight is 370 g/mol. The fourth-order valence-electron chi connectivity index (χ4n) is 3.56. The summed E-state index contributed by atoms with van der Waals surface area (Å²) in [5.74, 6) is 0.467. The van der Waals surface area contributed by atoms with E-state index < -0.39 is 0 Å². The minimum absolute atomic E-state index is 0.0559. The Bertz CT molecular complexity index is 1120. The maximum absolute atomic E-state index is 12.5. The average Bonchev–Trinajstić information content (AvgIpc) is 3.40. The third-order valence-corrected chi connectivity index (χ3v) is 5.89. The van der Waals surface area contributed by atoms with Crippen LogP contribution < -0.4 is 5.32 Å². The van der Waals surface area contributed by atoms with Crippen molar-refractivity contribution in [2.24, 2.45) is 5.92 Å². The molecule has 3 aromatic carbocycles. The van der Waals surface area contributed by atoms with E-state index in [1.165, 1.54) is 27.7 Å². The Morgan fingerprint density at radius 2 is 1.74 bits per heavy atom. The van der Waals surface area contributed by atoms with Crippen LogP contribution in [-0.4, -0.2) is 10.9 Å². The third kappa shape index (κ3) is 3.24. The van der Waals surface area contributed by atoms with Crippen LogP contribution in [-0.2, 0) is 4.79 Å². The number of hydrogen-bond donors (Lipinski definition) is 1. The molecule has 1 N–H and O–H groups in total. The van der Waals surface area contributed by atoms with Crippen molar-refractivity contribution in [3.05, 3.63) is 83.7 Å². The highest BCUT2D eigenvalue weighted by atomic mass is 32.1. The molecule has 1 heterocycles. The summed E-state index contributed by atoms with van der Waals surface area (Å²) >= 11 is 1.48. The van der Waals surface area contributed by atoms with Gasteiger partial charge in [0, 0.05) is 16.9 Å². The first-order valence-corrected chi connectivity index (χ1v) is 9.96. The van der Waals surface area contributed by atoms with E-state index in [0.717, 1.165) is 17.7 Å². The van der Waals surface area contributed by atoms with Gasteiger partial charge in [0.05, 0.1) is 5.69 Å². The lowest BCUT2D eigenvalue weighted by Gasteiger charge is -2.02. The van der Waals surface area contributed by atoms with Crippen molar-refractivity contribution in [1.82, 2.24) is 4.98 Å². The number of nitrogens with zero attached hydrogens (tertiary/aromatic N) is 1. The summed E-state index contributed by atoms with van der Waals surface area (Å²) < 4.78 is 0. The van der Waals surface area contributed by atoms with Gasteiger partial charge in [-0.3, -0.25) is 4.79 Å². The molecular weight excluding hydrogens is 352 g/mol. The molecule has 0 saturated heterocycles. The van der Waals surface area contributed by atoms with Gasteiger partial charge in [-0.25, -0.2) is 4.98 Å². The van der Waals surface area contributed by atoms with E-state index in [0.29, 0.717) is 11.0 Å². The van der Waals surface area contributed by atoms with Crippen molar-refractivity contribution in [2.45, 2.75) is 12.3 Å². The van der Waals surface area contributed by atoms with E-state index in [4.69, 9.17) is 0 Å². The van der Waals surface area contributed by atoms with Gasteiger partial charge in [0.1, 0.15) is 0 Å². The summed E-state index contributed by atoms with van der Waals surface area (Å²) in [6, 6.07) is 24.9. The lowest BCUT2D eigenvalue weighted by Crippen LogP contribution is -2.14. The van der Waals surface area contributed by atoms with E-state index in [1.807, 2.05) is 35.7 Å². The van der Waals surface area contributed by atoms with Gasteiger partial charge >= 0.3 is 0 Å². The smallest absolute Gasteiger partial charge is 0.229 e. The summed E-state index contributed by atoms with van der Waals surface area (Å²) in [5, 5.41) is 8.07. The summed E-state index contributed by atoms with van der Waals surface area (Å²) in [6.07, 6.45) is 0.915. The quantitative estimate of drug-likeness (QED) is 0.500. The van der Waals surface area contributed by atoms with Crippen molar-refractivity contribution >= 4 is 33.1 Å². The van der Waals surface area contributed by atoms with Gasteiger partial charge in [0.2, 0.25) is 5.91 Å². The van der Waals surface area contributed by atoms with Crippen LogP contribution in [0, 0.1) is 5.92 Å². The summed E-state index contributed by atoms with van der Waals surface area (Å²) in [6.45, 7) is 0. The highest BCUT2D eigenvalue weighted by Crippen LogP contribution is 2.48. The van der Waals surface area contributed by atoms with E-state index in [1.54, 1.807) is 0 Å². The first-order chi connectivity index (χ1) is 13.3. The van der Waals surface area contributed by atoms with Crippen LogP contribution in [0.1, 0.15) is 17.9 Å². The predicted molar refractivity (Wildman–Crippen MR) is 111 cm³/mol. The maximum Gasteiger partial charge on any atom is 0.229 e. The molecule has 132 valence electrons. The molecular formula is C23H18N2OS. The van der Waals surface area contributed by atoms with Gasteiger partial charge in [-0.2, -0.15) is 0 Å². The Morgan fingerprint density at radius 1 is 0.963 bits per heavy atom. The van der Waals surface area contributed by atoms with Gasteiger partial charge in [-0.15, -0.1) is 11.3 Å². The number of rotatable bonds is 4. The molecule has 27 heavy (non-hydrogen) atoms. The van der Waals surface area contributed by atoms with Crippen molar-refractivity contribution in [3.8, 4) is 11.3 Å². The molecule has 3 nitrogen and oxygen atoms in total. The molecule has 0 unspecified atom stereocenters. The third-order valence-electron chi connectivity index (χ3n) is 5.13. The monoisotopic (exact) mass is 370 g/mol. The molecule has 4 aromatic rings. The largest absolute Gasteiger partial charge is 0.302 e. The fraction of sp³-hybridized carbons (Fsp3) is 0.130. The second kappa shape index (κ2) is 6.63. The number of carbonyl (C=O) groups excluding carboxylic acids is 1. The van der Waals surface area contributed by atoms with Crippen LogP contribution in [0.2, 0.25) is 0 Å². The second-order valence-electron chi connectivity index (χ2n) is 6.95. The molecule has 1 fully saturated rings. The number of amides is 1. The van der Waals surface area contributed by atoms with E-state index in [2.05, 4.69) is 52.8 Å². The molecule has 1 aliphatic rings. The number of aromatic nitrogens is 1. The van der Waals surface area contributed by atoms with Crippen LogP contribution in [0.3, 0.4) is 0 Å². The first kappa shape index (κ1) is 16.2. The standard InChI is InChI=1S/C23H18N2OS/c26-22(20-13-19(20)16-7-2-1-3-8-16)25-23-24-21(14-27-23)18-11-10-15-6-4-5-9-17(15)12-18/h1-12,14,19-20H,13H2,(H,24,25,26)/t19-,20+/m1/s1. The summed E-state index contributed by atoms with van der Waals surface area (Å²) in [4.78, 5) is 17.2. The zero-order chi connectivity index (χ0) is 18.2. The van der Waals surface area contributed by atoms with Crippen LogP contribution in [0.15, 0.2) is 78.2 Å². The summed E-state index contributed by atoms with van der Waals surface area (Å²) in [5.41, 5.74) is 3.21. The number of anilines is 1. The molecule has 0 spiro atoms. The number of nitrogens with one attached hydrogen (secondary N) is 1. The van der Waals surface area contributed by atoms with E-state index in [9.17, 15) is 4.79 Å². The van der Waals surface area contributed by atoms with Gasteiger partial charge in [-0.1, -0.05) is 66.7 Å². The highest BCUT2D eigenvalue weighted by molar-refractivity contribution is 7.14. The number of benzene rings is 3. The Kier molecular flexibility index (Phi) is 3.98. The molecule has 0 aliphatic heterocycles. The van der Waals surface area contributed by atoms with Crippen molar-refractivity contribution in [1.29, 1.82) is 0 Å². The highest BCUT2D eigenvalue weighted by Gasteiger charge is 2.44. The maximum atomic E-state index is 12.5. The molecule has 1 amide bonds. The summed E-state index contributed by atoms with van der Waals surface area (Å²) in [7, 11) is 0. The van der Waals surface area contributed by atoms with Crippen LogP contribution >= 0.6 is 11.3 Å². The minimum Gasteiger partial charge on any atom is -0.302 e. The van der Waals surface area contributed by atoms with Gasteiger partial charge < -0.3 is 5.32 Å². The number of hydrogen-bond acceptors (Lipinski definition) is 3. The molecule has 1 aromatic heterocycles. The van der Waals surface area contributed by atoms with E-state index >= 15 is 0 Å². The SMILES string of the molecule is O=C(Nc1nc(-c2ccc3ccccc3c2)cs1)[C@H]1C[C@@H]1c1ccccc1. The Balaban J connectivity index is 1.30. The molecule has 1 aliphatic carbocycles. The number of thiazole rings is 1. The number of fused-ring (bicyclic) bond motifs is 1. The second-order valence-corrected chi connectivity index (χ2v) is 7.81. The minimum atomic E-state index is 0.0559.